The topological polar surface area (TPSA) is 64.3 Å². The number of aromatic amines is 1. The summed E-state index contributed by atoms with van der Waals surface area (Å²) in [6, 6.07) is 16.4. The van der Waals surface area contributed by atoms with Crippen LogP contribution in [0.25, 0.3) is 11.0 Å². The summed E-state index contributed by atoms with van der Waals surface area (Å²) < 4.78 is 0. The molecule has 0 radical (unpaired) electrons. The first-order valence-corrected chi connectivity index (χ1v) is 10.9. The maximum absolute atomic E-state index is 12.4. The third kappa shape index (κ3) is 5.26. The van der Waals surface area contributed by atoms with Crippen LogP contribution in [0.4, 0.5) is 0 Å². The molecular weight excluding hydrogens is 374 g/mol. The number of H-pyrrole nitrogens is 1. The minimum atomic E-state index is 0.0572. The van der Waals surface area contributed by atoms with E-state index < -0.39 is 0 Å². The van der Waals surface area contributed by atoms with Crippen molar-refractivity contribution in [2.75, 3.05) is 32.7 Å². The molecule has 0 saturated carbocycles. The summed E-state index contributed by atoms with van der Waals surface area (Å²) in [6.07, 6.45) is 1.05. The van der Waals surface area contributed by atoms with E-state index in [1.54, 1.807) is 0 Å². The first kappa shape index (κ1) is 20.6. The van der Waals surface area contributed by atoms with Crippen molar-refractivity contribution in [1.29, 1.82) is 0 Å². The lowest BCUT2D eigenvalue weighted by atomic mass is 10.1. The number of likely N-dealkylation sites (N-methyl/N-ethyl adjacent to an activating group) is 1. The smallest absolute Gasteiger partial charge is 0.220 e. The molecule has 2 N–H and O–H groups in total. The Balaban J connectivity index is 1.27. The summed E-state index contributed by atoms with van der Waals surface area (Å²) in [4.78, 5) is 25.2. The van der Waals surface area contributed by atoms with E-state index >= 15 is 0 Å². The first-order chi connectivity index (χ1) is 14.7. The maximum Gasteiger partial charge on any atom is 0.220 e. The average Bonchev–Trinajstić information content (AvgIpc) is 3.21. The number of piperazine rings is 1. The monoisotopic (exact) mass is 405 g/mol. The third-order valence-electron chi connectivity index (χ3n) is 5.93. The molecule has 0 bridgehead atoms. The van der Waals surface area contributed by atoms with Gasteiger partial charge in [0.05, 0.1) is 11.0 Å². The molecule has 4 rings (SSSR count). The van der Waals surface area contributed by atoms with Crippen LogP contribution in [0.3, 0.4) is 0 Å². The molecule has 0 aliphatic carbocycles. The van der Waals surface area contributed by atoms with E-state index in [4.69, 9.17) is 0 Å². The van der Waals surface area contributed by atoms with Gasteiger partial charge in [0.1, 0.15) is 5.82 Å². The molecule has 1 saturated heterocycles. The van der Waals surface area contributed by atoms with Gasteiger partial charge >= 0.3 is 0 Å². The molecule has 6 heteroatoms. The van der Waals surface area contributed by atoms with E-state index in [1.807, 2.05) is 24.3 Å². The van der Waals surface area contributed by atoms with Gasteiger partial charge in [-0.25, -0.2) is 4.98 Å². The Labute approximate surface area is 178 Å². The number of nitrogens with one attached hydrogen (secondary N) is 2. The Morgan fingerprint density at radius 2 is 1.70 bits per heavy atom. The van der Waals surface area contributed by atoms with Crippen molar-refractivity contribution in [2.45, 2.75) is 32.9 Å². The molecule has 6 nitrogen and oxygen atoms in total. The summed E-state index contributed by atoms with van der Waals surface area (Å²) in [5, 5.41) is 3.09. The van der Waals surface area contributed by atoms with Crippen molar-refractivity contribution in [3.63, 3.8) is 0 Å². The number of aromatic nitrogens is 2. The molecule has 158 valence electrons. The van der Waals surface area contributed by atoms with Gasteiger partial charge in [0.25, 0.3) is 0 Å². The van der Waals surface area contributed by atoms with Crippen LogP contribution in [-0.2, 0) is 24.3 Å². The van der Waals surface area contributed by atoms with Gasteiger partial charge < -0.3 is 15.2 Å². The summed E-state index contributed by atoms with van der Waals surface area (Å²) in [5.41, 5.74) is 4.47. The van der Waals surface area contributed by atoms with Gasteiger partial charge in [-0.3, -0.25) is 9.69 Å². The molecule has 2 heterocycles. The quantitative estimate of drug-likeness (QED) is 0.605. The second-order valence-electron chi connectivity index (χ2n) is 7.96. The number of rotatable bonds is 8. The van der Waals surface area contributed by atoms with Crippen LogP contribution in [0.15, 0.2) is 48.5 Å². The van der Waals surface area contributed by atoms with Crippen molar-refractivity contribution in [1.82, 2.24) is 25.1 Å². The normalized spacial score (nSPS) is 15.5. The zero-order chi connectivity index (χ0) is 20.8. The fraction of sp³-hybridized carbons (Fsp3) is 0.417. The molecule has 2 aromatic carbocycles. The van der Waals surface area contributed by atoms with Gasteiger partial charge in [-0.05, 0) is 29.8 Å². The van der Waals surface area contributed by atoms with Crippen LogP contribution < -0.4 is 5.32 Å². The van der Waals surface area contributed by atoms with Gasteiger partial charge in [-0.15, -0.1) is 0 Å². The van der Waals surface area contributed by atoms with E-state index in [0.717, 1.165) is 56.1 Å². The van der Waals surface area contributed by atoms with E-state index in [-0.39, 0.29) is 5.91 Å². The van der Waals surface area contributed by atoms with Crippen LogP contribution in [0.2, 0.25) is 0 Å². The predicted octanol–water partition coefficient (Wildman–Crippen LogP) is 2.95. The summed E-state index contributed by atoms with van der Waals surface area (Å²) in [5.74, 6) is 0.916. The second-order valence-corrected chi connectivity index (χ2v) is 7.96. The zero-order valence-corrected chi connectivity index (χ0v) is 17.7. The van der Waals surface area contributed by atoms with Gasteiger partial charge in [0, 0.05) is 52.1 Å². The Hall–Kier alpha value is -2.70. The third-order valence-corrected chi connectivity index (χ3v) is 5.93. The number of para-hydroxylation sites is 2. The van der Waals surface area contributed by atoms with Crippen molar-refractivity contribution < 1.29 is 4.79 Å². The lowest BCUT2D eigenvalue weighted by molar-refractivity contribution is -0.121. The number of carbonyl (C=O) groups excluding carboxylic acids is 1. The highest BCUT2D eigenvalue weighted by atomic mass is 16.1. The summed E-state index contributed by atoms with van der Waals surface area (Å²) >= 11 is 0. The molecule has 0 spiro atoms. The number of aryl methyl sites for hydroxylation is 1. The molecular formula is C24H31N5O. The van der Waals surface area contributed by atoms with E-state index in [9.17, 15) is 4.79 Å². The molecule has 1 amide bonds. The fourth-order valence-electron chi connectivity index (χ4n) is 4.03. The highest BCUT2D eigenvalue weighted by molar-refractivity contribution is 5.77. The van der Waals surface area contributed by atoms with Gasteiger partial charge in [0.2, 0.25) is 5.91 Å². The van der Waals surface area contributed by atoms with E-state index in [1.165, 1.54) is 11.1 Å². The second kappa shape index (κ2) is 9.87. The van der Waals surface area contributed by atoms with Crippen LogP contribution in [-0.4, -0.2) is 58.4 Å². The number of fused-ring (bicyclic) bond motifs is 1. The minimum Gasteiger partial charge on any atom is -0.352 e. The van der Waals surface area contributed by atoms with Crippen molar-refractivity contribution in [3.8, 4) is 0 Å². The largest absolute Gasteiger partial charge is 0.352 e. The van der Waals surface area contributed by atoms with Crippen molar-refractivity contribution >= 4 is 16.9 Å². The first-order valence-electron chi connectivity index (χ1n) is 10.9. The summed E-state index contributed by atoms with van der Waals surface area (Å²) in [7, 11) is 0. The number of nitrogens with zero attached hydrogens (tertiary/aromatic N) is 3. The lowest BCUT2D eigenvalue weighted by Gasteiger charge is -2.34. The Bertz CT molecular complexity index is 941. The molecule has 1 aliphatic rings. The Morgan fingerprint density at radius 3 is 2.47 bits per heavy atom. The Morgan fingerprint density at radius 1 is 1.00 bits per heavy atom. The van der Waals surface area contributed by atoms with Crippen LogP contribution in [0, 0.1) is 0 Å². The highest BCUT2D eigenvalue weighted by Crippen LogP contribution is 2.14. The minimum absolute atomic E-state index is 0.0572. The number of hydrogen-bond acceptors (Lipinski definition) is 4. The van der Waals surface area contributed by atoms with Crippen molar-refractivity contribution in [2.24, 2.45) is 0 Å². The van der Waals surface area contributed by atoms with E-state index in [0.29, 0.717) is 19.4 Å². The van der Waals surface area contributed by atoms with Crippen molar-refractivity contribution in [3.05, 3.63) is 65.5 Å². The van der Waals surface area contributed by atoms with Crippen LogP contribution >= 0.6 is 0 Å². The van der Waals surface area contributed by atoms with Crippen LogP contribution in [0.5, 0.6) is 0 Å². The number of hydrogen-bond donors (Lipinski definition) is 2. The molecule has 1 fully saturated rings. The number of amides is 1. The highest BCUT2D eigenvalue weighted by Gasteiger charge is 2.16. The SMILES string of the molecule is CCN1CCN(Cc2ccccc2CNC(=O)CCc2nc3ccccc3[nH]2)CC1. The average molecular weight is 406 g/mol. The van der Waals surface area contributed by atoms with E-state index in [2.05, 4.69) is 56.3 Å². The molecule has 0 atom stereocenters. The predicted molar refractivity (Wildman–Crippen MR) is 120 cm³/mol. The molecule has 30 heavy (non-hydrogen) atoms. The van der Waals surface area contributed by atoms with Gasteiger partial charge in [0.15, 0.2) is 0 Å². The fourth-order valence-corrected chi connectivity index (χ4v) is 4.03. The number of benzene rings is 2. The zero-order valence-electron chi connectivity index (χ0n) is 17.7. The molecule has 1 aliphatic heterocycles. The standard InChI is InChI=1S/C24H31N5O/c1-2-28-13-15-29(16-14-28)18-20-8-4-3-7-19(20)17-25-24(30)12-11-23-26-21-9-5-6-10-22(21)27-23/h3-10H,2,11-18H2,1H3,(H,25,30)(H,26,27). The molecule has 3 aromatic rings. The molecule has 0 unspecified atom stereocenters. The number of imidazole rings is 1. The summed E-state index contributed by atoms with van der Waals surface area (Å²) in [6.45, 7) is 9.35. The van der Waals surface area contributed by atoms with Gasteiger partial charge in [-0.1, -0.05) is 43.3 Å². The lowest BCUT2D eigenvalue weighted by Crippen LogP contribution is -2.45. The Kier molecular flexibility index (Phi) is 6.77. The number of carbonyl (C=O) groups is 1. The molecule has 1 aromatic heterocycles. The van der Waals surface area contributed by atoms with Crippen LogP contribution in [0.1, 0.15) is 30.3 Å². The van der Waals surface area contributed by atoms with Gasteiger partial charge in [-0.2, -0.15) is 0 Å². The maximum atomic E-state index is 12.4.